The summed E-state index contributed by atoms with van der Waals surface area (Å²) in [6.07, 6.45) is 13.6. The van der Waals surface area contributed by atoms with E-state index in [1.54, 1.807) is 0 Å². The number of nitrogens with zero attached hydrogens (tertiary/aromatic N) is 2. The third-order valence-corrected chi connectivity index (χ3v) is 8.69. The molecule has 2 rings (SSSR count). The van der Waals surface area contributed by atoms with Gasteiger partial charge in [0, 0.05) is 38.3 Å². The Morgan fingerprint density at radius 3 is 1.81 bits per heavy atom. The van der Waals surface area contributed by atoms with Crippen LogP contribution in [0.5, 0.6) is 0 Å². The molecule has 0 atom stereocenters. The summed E-state index contributed by atoms with van der Waals surface area (Å²) in [4.78, 5) is 8.96. The van der Waals surface area contributed by atoms with E-state index in [1.165, 1.54) is 49.7 Å². The molecule has 0 spiro atoms. The summed E-state index contributed by atoms with van der Waals surface area (Å²) >= 11 is 0. The molecule has 0 amide bonds. The molecule has 2 aromatic heterocycles. The van der Waals surface area contributed by atoms with Crippen molar-refractivity contribution in [3.05, 3.63) is 47.8 Å². The maximum absolute atomic E-state index is 5.94. The fourth-order valence-corrected chi connectivity index (χ4v) is 6.69. The lowest BCUT2D eigenvalue weighted by atomic mass is 10.0. The van der Waals surface area contributed by atoms with Gasteiger partial charge in [0.25, 0.3) is 0 Å². The first-order chi connectivity index (χ1) is 15.6. The molecule has 0 aliphatic rings. The predicted octanol–water partition coefficient (Wildman–Crippen LogP) is 6.77. The summed E-state index contributed by atoms with van der Waals surface area (Å²) in [5, 5.41) is 0. The summed E-state index contributed by atoms with van der Waals surface area (Å²) in [5.74, 6) is 0. The second kappa shape index (κ2) is 15.3. The maximum Gasteiger partial charge on any atom is 0.500 e. The molecule has 32 heavy (non-hydrogen) atoms. The van der Waals surface area contributed by atoms with Gasteiger partial charge >= 0.3 is 8.80 Å². The first-order valence-electron chi connectivity index (χ1n) is 12.4. The zero-order valence-electron chi connectivity index (χ0n) is 20.6. The van der Waals surface area contributed by atoms with Crippen LogP contribution in [0.3, 0.4) is 0 Å². The molecule has 0 N–H and O–H groups in total. The van der Waals surface area contributed by atoms with Gasteiger partial charge in [-0.1, -0.05) is 32.1 Å². The van der Waals surface area contributed by atoms with Crippen molar-refractivity contribution in [3.8, 4) is 11.4 Å². The molecule has 0 aromatic carbocycles. The van der Waals surface area contributed by atoms with Crippen molar-refractivity contribution in [1.29, 1.82) is 0 Å². The lowest BCUT2D eigenvalue weighted by molar-refractivity contribution is 0.0706. The molecule has 0 aliphatic carbocycles. The van der Waals surface area contributed by atoms with Crippen molar-refractivity contribution in [1.82, 2.24) is 9.97 Å². The Hall–Kier alpha value is -1.60. The highest BCUT2D eigenvalue weighted by molar-refractivity contribution is 6.60. The van der Waals surface area contributed by atoms with E-state index >= 15 is 0 Å². The Labute approximate surface area is 196 Å². The molecule has 0 saturated heterocycles. The van der Waals surface area contributed by atoms with E-state index in [9.17, 15) is 0 Å². The number of unbranched alkanes of at least 4 members (excludes halogenated alkanes) is 6. The van der Waals surface area contributed by atoms with Crippen LogP contribution in [0.4, 0.5) is 0 Å². The average Bonchev–Trinajstić information content (AvgIpc) is 2.79. The topological polar surface area (TPSA) is 53.5 Å². The smallest absolute Gasteiger partial charge is 0.374 e. The van der Waals surface area contributed by atoms with E-state index in [0.717, 1.165) is 30.3 Å². The number of aryl methyl sites for hydroxylation is 2. The molecule has 0 aliphatic heterocycles. The van der Waals surface area contributed by atoms with Gasteiger partial charge in [-0.15, -0.1) is 0 Å². The molecule has 0 unspecified atom stereocenters. The second-order valence-corrected chi connectivity index (χ2v) is 11.0. The van der Waals surface area contributed by atoms with Crippen LogP contribution >= 0.6 is 0 Å². The number of aromatic nitrogens is 2. The third-order valence-electron chi connectivity index (χ3n) is 5.54. The first kappa shape index (κ1) is 26.6. The number of hydrogen-bond donors (Lipinski definition) is 0. The van der Waals surface area contributed by atoms with Gasteiger partial charge < -0.3 is 13.3 Å². The normalized spacial score (nSPS) is 11.8. The van der Waals surface area contributed by atoms with Gasteiger partial charge in [-0.3, -0.25) is 9.97 Å². The van der Waals surface area contributed by atoms with Crippen molar-refractivity contribution < 1.29 is 13.3 Å². The van der Waals surface area contributed by atoms with E-state index in [0.29, 0.717) is 19.8 Å². The van der Waals surface area contributed by atoms with Crippen LogP contribution in [0.1, 0.15) is 76.8 Å². The zero-order valence-corrected chi connectivity index (χ0v) is 21.6. The molecule has 0 radical (unpaired) electrons. The van der Waals surface area contributed by atoms with E-state index in [2.05, 4.69) is 35.1 Å². The molecule has 5 nitrogen and oxygen atoms in total. The van der Waals surface area contributed by atoms with Crippen LogP contribution in [0.15, 0.2) is 36.7 Å². The number of pyridine rings is 2. The van der Waals surface area contributed by atoms with Crippen LogP contribution in [-0.4, -0.2) is 38.6 Å². The van der Waals surface area contributed by atoms with Gasteiger partial charge in [-0.2, -0.15) is 0 Å². The van der Waals surface area contributed by atoms with Crippen molar-refractivity contribution >= 4 is 8.80 Å². The summed E-state index contributed by atoms with van der Waals surface area (Å²) in [5.41, 5.74) is 4.49. The molecule has 0 bridgehead atoms. The minimum absolute atomic E-state index is 0.659. The lowest BCUT2D eigenvalue weighted by Crippen LogP contribution is -2.45. The molecule has 2 aromatic rings. The molecule has 0 saturated carbocycles. The first-order valence-corrected chi connectivity index (χ1v) is 14.4. The Kier molecular flexibility index (Phi) is 12.7. The molecular formula is C26H42N2O3Si. The fraction of sp³-hybridized carbons (Fsp3) is 0.615. The van der Waals surface area contributed by atoms with Crippen LogP contribution in [0.2, 0.25) is 6.04 Å². The van der Waals surface area contributed by atoms with E-state index in [-0.39, 0.29) is 0 Å². The van der Waals surface area contributed by atoms with Gasteiger partial charge in [0.15, 0.2) is 0 Å². The lowest BCUT2D eigenvalue weighted by Gasteiger charge is -2.28. The van der Waals surface area contributed by atoms with Gasteiger partial charge in [-0.25, -0.2) is 0 Å². The second-order valence-electron chi connectivity index (χ2n) is 8.22. The van der Waals surface area contributed by atoms with Crippen molar-refractivity contribution in [3.63, 3.8) is 0 Å². The zero-order chi connectivity index (χ0) is 23.1. The van der Waals surface area contributed by atoms with E-state index < -0.39 is 8.80 Å². The van der Waals surface area contributed by atoms with Crippen molar-refractivity contribution in [2.75, 3.05) is 19.8 Å². The molecular weight excluding hydrogens is 416 g/mol. The Morgan fingerprint density at radius 2 is 1.22 bits per heavy atom. The Balaban J connectivity index is 1.62. The molecule has 6 heteroatoms. The standard InChI is InChI=1S/C26H42N2O3Si/c1-5-29-32(30-6-2,31-7-3)20-14-12-10-8-9-11-13-15-24-17-19-28-26(22-24)25-21-23(4)16-18-27-25/h16-19,21-22H,5-15,20H2,1-4H3. The SMILES string of the molecule is CCO[Si](CCCCCCCCCc1ccnc(-c2cc(C)ccn2)c1)(OCC)OCC. The van der Waals surface area contributed by atoms with Crippen molar-refractivity contribution in [2.24, 2.45) is 0 Å². The van der Waals surface area contributed by atoms with E-state index in [4.69, 9.17) is 13.3 Å². The maximum atomic E-state index is 5.94. The largest absolute Gasteiger partial charge is 0.500 e. The quantitative estimate of drug-likeness (QED) is 0.193. The molecule has 2 heterocycles. The number of hydrogen-bond acceptors (Lipinski definition) is 5. The monoisotopic (exact) mass is 458 g/mol. The molecule has 178 valence electrons. The van der Waals surface area contributed by atoms with Gasteiger partial charge in [0.2, 0.25) is 0 Å². The van der Waals surface area contributed by atoms with Gasteiger partial charge in [-0.05, 0) is 82.3 Å². The summed E-state index contributed by atoms with van der Waals surface area (Å²) in [6, 6.07) is 9.36. The number of rotatable bonds is 17. The minimum Gasteiger partial charge on any atom is -0.374 e. The summed E-state index contributed by atoms with van der Waals surface area (Å²) in [7, 11) is -2.46. The van der Waals surface area contributed by atoms with Crippen LogP contribution in [-0.2, 0) is 19.7 Å². The highest BCUT2D eigenvalue weighted by Gasteiger charge is 2.39. The van der Waals surface area contributed by atoms with Crippen LogP contribution in [0, 0.1) is 6.92 Å². The van der Waals surface area contributed by atoms with E-state index in [1.807, 2.05) is 39.2 Å². The Morgan fingerprint density at radius 1 is 0.688 bits per heavy atom. The molecule has 0 fully saturated rings. The predicted molar refractivity (Wildman–Crippen MR) is 134 cm³/mol. The summed E-state index contributed by atoms with van der Waals surface area (Å²) < 4.78 is 17.8. The highest BCUT2D eigenvalue weighted by atomic mass is 28.4. The van der Waals surface area contributed by atoms with Gasteiger partial charge in [0.1, 0.15) is 0 Å². The minimum atomic E-state index is -2.46. The Bertz CT molecular complexity index is 755. The highest BCUT2D eigenvalue weighted by Crippen LogP contribution is 2.21. The average molecular weight is 459 g/mol. The van der Waals surface area contributed by atoms with Crippen LogP contribution in [0.25, 0.3) is 11.4 Å². The summed E-state index contributed by atoms with van der Waals surface area (Å²) in [6.45, 7) is 10.1. The third kappa shape index (κ3) is 9.49. The van der Waals surface area contributed by atoms with Gasteiger partial charge in [0.05, 0.1) is 11.4 Å². The van der Waals surface area contributed by atoms with Crippen LogP contribution < -0.4 is 0 Å². The van der Waals surface area contributed by atoms with Crippen molar-refractivity contribution in [2.45, 2.75) is 85.1 Å². The fourth-order valence-electron chi connectivity index (χ4n) is 4.00.